The van der Waals surface area contributed by atoms with Crippen LogP contribution in [0.15, 0.2) is 91.3 Å². The second-order valence-corrected chi connectivity index (χ2v) is 7.99. The lowest BCUT2D eigenvalue weighted by Gasteiger charge is -2.29. The number of rotatable bonds is 5. The summed E-state index contributed by atoms with van der Waals surface area (Å²) in [5, 5.41) is 13.1. The van der Waals surface area contributed by atoms with Gasteiger partial charge in [-0.25, -0.2) is 9.18 Å². The number of benzene rings is 2. The van der Waals surface area contributed by atoms with Crippen molar-refractivity contribution in [3.63, 3.8) is 0 Å². The number of para-hydroxylation sites is 1. The fraction of sp³-hybridized carbons (Fsp3) is 0.0800. The zero-order valence-electron chi connectivity index (χ0n) is 17.3. The summed E-state index contributed by atoms with van der Waals surface area (Å²) in [6, 6.07) is 21.8. The van der Waals surface area contributed by atoms with E-state index in [1.807, 2.05) is 47.2 Å². The molecule has 0 aliphatic carbocycles. The standard InChI is InChI=1S/C25H19FN4O2S/c26-18-9-1-2-11-20(18)30-23(22(28-25(30)33)19-10-3-4-13-27-19)21-12-6-14-29(21)17-8-5-7-16(15-17)24(31)32/h1-15,22-23H,(H,28,33)(H,31,32)/t22-,23-/m0/s1. The largest absolute Gasteiger partial charge is 0.478 e. The summed E-state index contributed by atoms with van der Waals surface area (Å²) in [5.74, 6) is -1.40. The maximum atomic E-state index is 14.9. The van der Waals surface area contributed by atoms with Crippen molar-refractivity contribution >= 4 is 29.0 Å². The molecule has 0 saturated carbocycles. The number of carbonyl (C=O) groups is 1. The molecule has 2 atom stereocenters. The van der Waals surface area contributed by atoms with E-state index in [9.17, 15) is 14.3 Å². The highest BCUT2D eigenvalue weighted by Gasteiger charge is 2.43. The van der Waals surface area contributed by atoms with E-state index in [-0.39, 0.29) is 17.4 Å². The van der Waals surface area contributed by atoms with Crippen LogP contribution in [-0.4, -0.2) is 25.7 Å². The minimum absolute atomic E-state index is 0.180. The molecular weight excluding hydrogens is 439 g/mol. The lowest BCUT2D eigenvalue weighted by atomic mass is 10.0. The monoisotopic (exact) mass is 458 g/mol. The number of hydrogen-bond donors (Lipinski definition) is 2. The molecule has 1 aliphatic heterocycles. The number of thiocarbonyl (C=S) groups is 1. The van der Waals surface area contributed by atoms with E-state index in [0.717, 1.165) is 11.4 Å². The average Bonchev–Trinajstić information content (AvgIpc) is 3.44. The van der Waals surface area contributed by atoms with Gasteiger partial charge in [-0.05, 0) is 66.8 Å². The van der Waals surface area contributed by atoms with Crippen LogP contribution in [0.3, 0.4) is 0 Å². The molecule has 0 amide bonds. The first kappa shape index (κ1) is 20.8. The molecule has 164 valence electrons. The van der Waals surface area contributed by atoms with Crippen LogP contribution in [0.2, 0.25) is 0 Å². The van der Waals surface area contributed by atoms with Crippen LogP contribution in [0.4, 0.5) is 10.1 Å². The summed E-state index contributed by atoms with van der Waals surface area (Å²) in [6.45, 7) is 0. The van der Waals surface area contributed by atoms with Gasteiger partial charge in [0.05, 0.1) is 23.0 Å². The van der Waals surface area contributed by atoms with Gasteiger partial charge in [0.2, 0.25) is 0 Å². The second-order valence-electron chi connectivity index (χ2n) is 7.61. The van der Waals surface area contributed by atoms with Crippen LogP contribution in [-0.2, 0) is 0 Å². The molecular formula is C25H19FN4O2S. The van der Waals surface area contributed by atoms with E-state index in [2.05, 4.69) is 10.3 Å². The molecule has 2 aromatic heterocycles. The van der Waals surface area contributed by atoms with Crippen molar-refractivity contribution < 1.29 is 14.3 Å². The van der Waals surface area contributed by atoms with E-state index in [4.69, 9.17) is 12.2 Å². The van der Waals surface area contributed by atoms with Crippen LogP contribution in [0.5, 0.6) is 0 Å². The topological polar surface area (TPSA) is 70.4 Å². The zero-order chi connectivity index (χ0) is 22.9. The molecule has 1 saturated heterocycles. The average molecular weight is 459 g/mol. The Morgan fingerprint density at radius 2 is 1.85 bits per heavy atom. The van der Waals surface area contributed by atoms with Gasteiger partial charge >= 0.3 is 5.97 Å². The molecule has 0 unspecified atom stereocenters. The van der Waals surface area contributed by atoms with Gasteiger partial charge in [-0.3, -0.25) is 4.98 Å². The van der Waals surface area contributed by atoms with Crippen molar-refractivity contribution in [2.24, 2.45) is 0 Å². The van der Waals surface area contributed by atoms with Gasteiger partial charge in [-0.1, -0.05) is 24.3 Å². The van der Waals surface area contributed by atoms with Crippen molar-refractivity contribution in [3.8, 4) is 5.69 Å². The van der Waals surface area contributed by atoms with Gasteiger partial charge in [0.15, 0.2) is 5.11 Å². The highest BCUT2D eigenvalue weighted by molar-refractivity contribution is 7.80. The molecule has 1 fully saturated rings. The first-order valence-corrected chi connectivity index (χ1v) is 10.7. The molecule has 2 aromatic carbocycles. The maximum Gasteiger partial charge on any atom is 0.335 e. The fourth-order valence-corrected chi connectivity index (χ4v) is 4.56. The Bertz CT molecular complexity index is 1340. The molecule has 33 heavy (non-hydrogen) atoms. The van der Waals surface area contributed by atoms with Crippen molar-refractivity contribution in [3.05, 3.63) is 114 Å². The van der Waals surface area contributed by atoms with E-state index < -0.39 is 12.0 Å². The highest BCUT2D eigenvalue weighted by atomic mass is 32.1. The smallest absolute Gasteiger partial charge is 0.335 e. The quantitative estimate of drug-likeness (QED) is 0.415. The molecule has 4 aromatic rings. The van der Waals surface area contributed by atoms with Gasteiger partial charge in [0.25, 0.3) is 0 Å². The number of nitrogens with one attached hydrogen (secondary N) is 1. The summed E-state index contributed by atoms with van der Waals surface area (Å²) in [4.78, 5) is 17.8. The first-order valence-electron chi connectivity index (χ1n) is 10.3. The number of aromatic carboxylic acids is 1. The predicted octanol–water partition coefficient (Wildman–Crippen LogP) is 4.89. The second kappa shape index (κ2) is 8.48. The van der Waals surface area contributed by atoms with E-state index in [0.29, 0.717) is 16.5 Å². The number of halogens is 1. The normalized spacial score (nSPS) is 17.7. The lowest BCUT2D eigenvalue weighted by Crippen LogP contribution is -2.31. The van der Waals surface area contributed by atoms with Crippen LogP contribution >= 0.6 is 12.2 Å². The molecule has 3 heterocycles. The molecule has 8 heteroatoms. The minimum atomic E-state index is -1.01. The van der Waals surface area contributed by atoms with Crippen LogP contribution < -0.4 is 10.2 Å². The Morgan fingerprint density at radius 3 is 2.61 bits per heavy atom. The molecule has 0 spiro atoms. The number of pyridine rings is 1. The summed E-state index contributed by atoms with van der Waals surface area (Å²) in [6.07, 6.45) is 3.56. The van der Waals surface area contributed by atoms with Gasteiger partial charge in [0.1, 0.15) is 11.9 Å². The summed E-state index contributed by atoms with van der Waals surface area (Å²) < 4.78 is 16.8. The lowest BCUT2D eigenvalue weighted by molar-refractivity contribution is 0.0697. The van der Waals surface area contributed by atoms with Crippen molar-refractivity contribution in [1.29, 1.82) is 0 Å². The Balaban J connectivity index is 1.68. The van der Waals surface area contributed by atoms with Crippen molar-refractivity contribution in [1.82, 2.24) is 14.9 Å². The molecule has 0 bridgehead atoms. The van der Waals surface area contributed by atoms with E-state index >= 15 is 0 Å². The van der Waals surface area contributed by atoms with E-state index in [1.165, 1.54) is 6.07 Å². The van der Waals surface area contributed by atoms with Gasteiger partial charge < -0.3 is 19.9 Å². The Morgan fingerprint density at radius 1 is 1.03 bits per heavy atom. The molecule has 5 rings (SSSR count). The molecule has 1 aliphatic rings. The van der Waals surface area contributed by atoms with Crippen LogP contribution in [0, 0.1) is 5.82 Å². The third kappa shape index (κ3) is 3.74. The fourth-order valence-electron chi connectivity index (χ4n) is 4.22. The van der Waals surface area contributed by atoms with Gasteiger partial charge in [-0.2, -0.15) is 0 Å². The number of carboxylic acids is 1. The maximum absolute atomic E-state index is 14.9. The van der Waals surface area contributed by atoms with Gasteiger partial charge in [-0.15, -0.1) is 0 Å². The van der Waals surface area contributed by atoms with E-state index in [1.54, 1.807) is 47.5 Å². The summed E-state index contributed by atoms with van der Waals surface area (Å²) in [5.41, 5.74) is 2.78. The summed E-state index contributed by atoms with van der Waals surface area (Å²) in [7, 11) is 0. The SMILES string of the molecule is O=C(O)c1cccc(-n2cccc2[C@H]2[C@H](c3ccccn3)NC(=S)N2c2ccccc2F)c1. The number of aromatic nitrogens is 2. The Labute approximate surface area is 194 Å². The van der Waals surface area contributed by atoms with Crippen molar-refractivity contribution in [2.75, 3.05) is 4.90 Å². The number of anilines is 1. The molecule has 6 nitrogen and oxygen atoms in total. The highest BCUT2D eigenvalue weighted by Crippen LogP contribution is 2.42. The van der Waals surface area contributed by atoms with Gasteiger partial charge in [0, 0.05) is 23.8 Å². The molecule has 0 radical (unpaired) electrons. The number of hydrogen-bond acceptors (Lipinski definition) is 3. The van der Waals surface area contributed by atoms with Crippen LogP contribution in [0.1, 0.15) is 33.8 Å². The van der Waals surface area contributed by atoms with Crippen molar-refractivity contribution in [2.45, 2.75) is 12.1 Å². The minimum Gasteiger partial charge on any atom is -0.478 e. The third-order valence-electron chi connectivity index (χ3n) is 5.66. The number of carboxylic acid groups (broad SMARTS) is 1. The predicted molar refractivity (Wildman–Crippen MR) is 127 cm³/mol. The number of nitrogens with zero attached hydrogens (tertiary/aromatic N) is 3. The third-order valence-corrected chi connectivity index (χ3v) is 5.98. The molecule has 2 N–H and O–H groups in total. The first-order chi connectivity index (χ1) is 16.0. The summed E-state index contributed by atoms with van der Waals surface area (Å²) >= 11 is 5.66. The van der Waals surface area contributed by atoms with Crippen LogP contribution in [0.25, 0.3) is 5.69 Å². The zero-order valence-corrected chi connectivity index (χ0v) is 18.1. The Kier molecular flexibility index (Phi) is 5.35. The Hall–Kier alpha value is -4.04.